The topological polar surface area (TPSA) is 84.3 Å². The highest BCUT2D eigenvalue weighted by atomic mass is 32.2. The normalized spacial score (nSPS) is 15.1. The number of sulfonamides is 1. The van der Waals surface area contributed by atoms with E-state index in [-0.39, 0.29) is 10.8 Å². The van der Waals surface area contributed by atoms with Gasteiger partial charge in [0.05, 0.1) is 11.4 Å². The van der Waals surface area contributed by atoms with Gasteiger partial charge in [0.15, 0.2) is 0 Å². The molecule has 3 aromatic rings. The van der Waals surface area contributed by atoms with Crippen molar-refractivity contribution in [1.82, 2.24) is 14.1 Å². The molecule has 1 N–H and O–H groups in total. The third-order valence-corrected chi connectivity index (χ3v) is 7.10. The van der Waals surface area contributed by atoms with Crippen molar-refractivity contribution in [2.24, 2.45) is 0 Å². The Morgan fingerprint density at radius 2 is 1.67 bits per heavy atom. The molecule has 8 heteroatoms. The van der Waals surface area contributed by atoms with Gasteiger partial charge in [-0.1, -0.05) is 18.6 Å². The molecule has 0 spiro atoms. The number of anilines is 1. The van der Waals surface area contributed by atoms with Crippen LogP contribution < -0.4 is 5.32 Å². The Bertz CT molecular complexity index is 1090. The Labute approximate surface area is 176 Å². The second-order valence-electron chi connectivity index (χ2n) is 7.34. The molecule has 156 valence electrons. The molecule has 1 fully saturated rings. The van der Waals surface area contributed by atoms with Crippen LogP contribution in [0.1, 0.15) is 35.2 Å². The van der Waals surface area contributed by atoms with Crippen molar-refractivity contribution in [3.05, 3.63) is 78.1 Å². The lowest BCUT2D eigenvalue weighted by atomic mass is 10.1. The van der Waals surface area contributed by atoms with E-state index in [0.29, 0.717) is 30.9 Å². The van der Waals surface area contributed by atoms with Crippen LogP contribution in [0.5, 0.6) is 0 Å². The molecule has 1 saturated heterocycles. The van der Waals surface area contributed by atoms with Gasteiger partial charge in [0.1, 0.15) is 0 Å². The highest BCUT2D eigenvalue weighted by Crippen LogP contribution is 2.22. The minimum atomic E-state index is -3.47. The molecule has 0 unspecified atom stereocenters. The fraction of sp³-hybridized carbons (Fsp3) is 0.273. The van der Waals surface area contributed by atoms with Crippen molar-refractivity contribution in [3.8, 4) is 0 Å². The molecule has 1 aliphatic rings. The summed E-state index contributed by atoms with van der Waals surface area (Å²) < 4.78 is 28.8. The average Bonchev–Trinajstić information content (AvgIpc) is 3.28. The minimum Gasteiger partial charge on any atom is -0.322 e. The van der Waals surface area contributed by atoms with Crippen LogP contribution in [0.25, 0.3) is 0 Å². The second kappa shape index (κ2) is 8.81. The molecular weight excluding hydrogens is 400 g/mol. The molecule has 1 amide bonds. The summed E-state index contributed by atoms with van der Waals surface area (Å²) in [6.07, 6.45) is 6.48. The molecule has 7 nitrogen and oxygen atoms in total. The summed E-state index contributed by atoms with van der Waals surface area (Å²) in [5.74, 6) is -0.243. The predicted molar refractivity (Wildman–Crippen MR) is 115 cm³/mol. The second-order valence-corrected chi connectivity index (χ2v) is 9.28. The van der Waals surface area contributed by atoms with E-state index in [2.05, 4.69) is 10.4 Å². The summed E-state index contributed by atoms with van der Waals surface area (Å²) in [5, 5.41) is 6.99. The summed E-state index contributed by atoms with van der Waals surface area (Å²) in [5.41, 5.74) is 2.13. The van der Waals surface area contributed by atoms with Crippen LogP contribution in [-0.2, 0) is 16.6 Å². The van der Waals surface area contributed by atoms with Gasteiger partial charge in [-0.25, -0.2) is 8.42 Å². The molecular formula is C22H24N4O3S. The average molecular weight is 425 g/mol. The summed E-state index contributed by atoms with van der Waals surface area (Å²) in [6, 6.07) is 15.5. The van der Waals surface area contributed by atoms with Crippen molar-refractivity contribution < 1.29 is 13.2 Å². The lowest BCUT2D eigenvalue weighted by molar-refractivity contribution is 0.102. The molecule has 0 radical (unpaired) electrons. The summed E-state index contributed by atoms with van der Waals surface area (Å²) in [6.45, 7) is 1.77. The Hall–Kier alpha value is -2.97. The summed E-state index contributed by atoms with van der Waals surface area (Å²) in [4.78, 5) is 12.8. The van der Waals surface area contributed by atoms with E-state index in [9.17, 15) is 13.2 Å². The van der Waals surface area contributed by atoms with Crippen LogP contribution in [-0.4, -0.2) is 41.5 Å². The Morgan fingerprint density at radius 1 is 0.967 bits per heavy atom. The number of nitrogens with zero attached hydrogens (tertiary/aromatic N) is 3. The Balaban J connectivity index is 1.39. The number of aromatic nitrogens is 2. The van der Waals surface area contributed by atoms with Gasteiger partial charge in [-0.05, 0) is 60.9 Å². The van der Waals surface area contributed by atoms with E-state index in [0.717, 1.165) is 24.8 Å². The van der Waals surface area contributed by atoms with Gasteiger partial charge in [-0.3, -0.25) is 9.48 Å². The van der Waals surface area contributed by atoms with E-state index in [4.69, 9.17) is 0 Å². The largest absolute Gasteiger partial charge is 0.322 e. The van der Waals surface area contributed by atoms with Crippen molar-refractivity contribution in [3.63, 3.8) is 0 Å². The lowest BCUT2D eigenvalue weighted by Gasteiger charge is -2.25. The maximum absolute atomic E-state index is 12.7. The zero-order chi connectivity index (χ0) is 21.0. The van der Waals surface area contributed by atoms with Gasteiger partial charge >= 0.3 is 0 Å². The molecule has 2 heterocycles. The molecule has 1 aromatic heterocycles. The number of amides is 1. The highest BCUT2D eigenvalue weighted by Gasteiger charge is 2.25. The third kappa shape index (κ3) is 4.60. The third-order valence-electron chi connectivity index (χ3n) is 5.18. The van der Waals surface area contributed by atoms with Crippen LogP contribution in [0, 0.1) is 0 Å². The van der Waals surface area contributed by atoms with Gasteiger partial charge < -0.3 is 5.32 Å². The Morgan fingerprint density at radius 3 is 2.30 bits per heavy atom. The predicted octanol–water partition coefficient (Wildman–Crippen LogP) is 3.36. The van der Waals surface area contributed by atoms with Crippen molar-refractivity contribution in [2.75, 3.05) is 18.4 Å². The van der Waals surface area contributed by atoms with Gasteiger partial charge in [0.25, 0.3) is 5.91 Å². The van der Waals surface area contributed by atoms with E-state index in [1.54, 1.807) is 42.6 Å². The zero-order valence-corrected chi connectivity index (χ0v) is 17.4. The fourth-order valence-electron chi connectivity index (χ4n) is 3.51. The molecule has 4 rings (SSSR count). The number of hydrogen-bond acceptors (Lipinski definition) is 4. The smallest absolute Gasteiger partial charge is 0.255 e. The molecule has 2 aromatic carbocycles. The van der Waals surface area contributed by atoms with E-state index >= 15 is 0 Å². The molecule has 0 atom stereocenters. The summed E-state index contributed by atoms with van der Waals surface area (Å²) in [7, 11) is -3.47. The molecule has 30 heavy (non-hydrogen) atoms. The highest BCUT2D eigenvalue weighted by molar-refractivity contribution is 7.89. The maximum atomic E-state index is 12.7. The van der Waals surface area contributed by atoms with Crippen LogP contribution in [0.4, 0.5) is 5.69 Å². The Kier molecular flexibility index (Phi) is 5.96. The standard InChI is InChI=1S/C22H24N4O3S/c27-22(19-7-5-18(6-8-19)17-25-14-4-13-23-25)24-20-9-11-21(12-10-20)30(28,29)26-15-2-1-3-16-26/h4-14H,1-3,15-17H2,(H,24,27). The molecule has 0 aliphatic carbocycles. The lowest BCUT2D eigenvalue weighted by Crippen LogP contribution is -2.35. The molecule has 0 bridgehead atoms. The van der Waals surface area contributed by atoms with E-state index in [1.807, 2.05) is 29.1 Å². The number of nitrogens with one attached hydrogen (secondary N) is 1. The fourth-order valence-corrected chi connectivity index (χ4v) is 5.03. The maximum Gasteiger partial charge on any atom is 0.255 e. The van der Waals surface area contributed by atoms with E-state index in [1.165, 1.54) is 4.31 Å². The van der Waals surface area contributed by atoms with Crippen LogP contribution in [0.15, 0.2) is 71.9 Å². The number of carbonyl (C=O) groups excluding carboxylic acids is 1. The first-order chi connectivity index (χ1) is 14.5. The van der Waals surface area contributed by atoms with Crippen molar-refractivity contribution in [2.45, 2.75) is 30.7 Å². The van der Waals surface area contributed by atoms with E-state index < -0.39 is 10.0 Å². The number of carbonyl (C=O) groups is 1. The van der Waals surface area contributed by atoms with Crippen LogP contribution >= 0.6 is 0 Å². The number of hydrogen-bond donors (Lipinski definition) is 1. The molecule has 1 aliphatic heterocycles. The number of piperidine rings is 1. The van der Waals surface area contributed by atoms with Crippen molar-refractivity contribution >= 4 is 21.6 Å². The van der Waals surface area contributed by atoms with Gasteiger partial charge in [0.2, 0.25) is 10.0 Å². The van der Waals surface area contributed by atoms with Gasteiger partial charge in [0, 0.05) is 36.7 Å². The quantitative estimate of drug-likeness (QED) is 0.658. The monoisotopic (exact) mass is 424 g/mol. The van der Waals surface area contributed by atoms with Crippen molar-refractivity contribution in [1.29, 1.82) is 0 Å². The van der Waals surface area contributed by atoms with Gasteiger partial charge in [-0.2, -0.15) is 9.40 Å². The first-order valence-electron chi connectivity index (χ1n) is 10.0. The van der Waals surface area contributed by atoms with Crippen LogP contribution in [0.3, 0.4) is 0 Å². The zero-order valence-electron chi connectivity index (χ0n) is 16.6. The number of rotatable bonds is 6. The summed E-state index contributed by atoms with van der Waals surface area (Å²) >= 11 is 0. The molecule has 0 saturated carbocycles. The first-order valence-corrected chi connectivity index (χ1v) is 11.4. The first kappa shape index (κ1) is 20.3. The SMILES string of the molecule is O=C(Nc1ccc(S(=O)(=O)N2CCCCC2)cc1)c1ccc(Cn2cccn2)cc1. The number of benzene rings is 2. The van der Waals surface area contributed by atoms with Gasteiger partial charge in [-0.15, -0.1) is 0 Å². The van der Waals surface area contributed by atoms with Crippen LogP contribution in [0.2, 0.25) is 0 Å². The minimum absolute atomic E-state index is 0.243.